The highest BCUT2D eigenvalue weighted by Gasteiger charge is 2.17. The van der Waals surface area contributed by atoms with Gasteiger partial charge in [0.15, 0.2) is 6.29 Å². The molecule has 7 nitrogen and oxygen atoms in total. The molecule has 0 saturated carbocycles. The summed E-state index contributed by atoms with van der Waals surface area (Å²) < 4.78 is 6.16. The molecule has 5 rings (SSSR count). The van der Waals surface area contributed by atoms with Crippen molar-refractivity contribution < 1.29 is 9.53 Å². The average Bonchev–Trinajstić information content (AvgIpc) is 3.47. The molecule has 0 aliphatic rings. The van der Waals surface area contributed by atoms with Crippen LogP contribution in [0.25, 0.3) is 22.2 Å². The maximum Gasteiger partial charge on any atom is 0.161 e. The molecule has 0 saturated heterocycles. The average molecular weight is 476 g/mol. The lowest BCUT2D eigenvalue weighted by atomic mass is 10.1. The van der Waals surface area contributed by atoms with Gasteiger partial charge in [0.2, 0.25) is 0 Å². The van der Waals surface area contributed by atoms with E-state index in [2.05, 4.69) is 25.1 Å². The minimum absolute atomic E-state index is 0.447. The van der Waals surface area contributed by atoms with Gasteiger partial charge in [-0.25, -0.2) is 4.98 Å². The number of halogens is 1. The first kappa shape index (κ1) is 21.2. The predicted octanol–water partition coefficient (Wildman–Crippen LogP) is 5.15. The Morgan fingerprint density at radius 1 is 1.09 bits per heavy atom. The second kappa shape index (κ2) is 9.48. The molecule has 4 heterocycles. The maximum atomic E-state index is 11.0. The van der Waals surface area contributed by atoms with Crippen molar-refractivity contribution >= 4 is 40.1 Å². The number of benzene rings is 1. The number of ether oxygens (including phenoxy) is 1. The molecular formula is C24H18ClN5O2S. The Hall–Kier alpha value is -3.62. The lowest BCUT2D eigenvalue weighted by Crippen LogP contribution is -2.03. The Balaban J connectivity index is 1.52. The van der Waals surface area contributed by atoms with Gasteiger partial charge in [-0.05, 0) is 36.4 Å². The van der Waals surface area contributed by atoms with Gasteiger partial charge in [-0.3, -0.25) is 19.9 Å². The Bertz CT molecular complexity index is 1420. The number of H-pyrrole nitrogens is 1. The number of hydrogen-bond acceptors (Lipinski definition) is 7. The number of thiazole rings is 1. The van der Waals surface area contributed by atoms with Crippen LogP contribution in [-0.2, 0) is 12.8 Å². The lowest BCUT2D eigenvalue weighted by molar-refractivity contribution is 0.112. The molecule has 9 heteroatoms. The topological polar surface area (TPSA) is 93.7 Å². The smallest absolute Gasteiger partial charge is 0.161 e. The minimum Gasteiger partial charge on any atom is -0.491 e. The van der Waals surface area contributed by atoms with E-state index in [0.29, 0.717) is 46.3 Å². The van der Waals surface area contributed by atoms with E-state index in [-0.39, 0.29) is 0 Å². The van der Waals surface area contributed by atoms with Crippen LogP contribution in [0.5, 0.6) is 5.75 Å². The summed E-state index contributed by atoms with van der Waals surface area (Å²) in [5.74, 6) is 0.635. The molecule has 5 aromatic rings. The van der Waals surface area contributed by atoms with E-state index in [4.69, 9.17) is 16.3 Å². The number of pyridine rings is 2. The number of nitrogens with one attached hydrogen (secondary N) is 1. The van der Waals surface area contributed by atoms with Gasteiger partial charge in [-0.15, -0.1) is 11.3 Å². The van der Waals surface area contributed by atoms with Crippen LogP contribution in [0.1, 0.15) is 26.1 Å². The van der Waals surface area contributed by atoms with Crippen LogP contribution in [0, 0.1) is 0 Å². The highest BCUT2D eigenvalue weighted by Crippen LogP contribution is 2.35. The highest BCUT2D eigenvalue weighted by molar-refractivity contribution is 7.13. The molecule has 4 aromatic heterocycles. The van der Waals surface area contributed by atoms with Crippen LogP contribution < -0.4 is 4.74 Å². The Morgan fingerprint density at radius 2 is 2.00 bits per heavy atom. The second-order valence-electron chi connectivity index (χ2n) is 7.28. The fourth-order valence-electron chi connectivity index (χ4n) is 3.54. The molecule has 0 atom stereocenters. The molecule has 1 aromatic carbocycles. The van der Waals surface area contributed by atoms with Gasteiger partial charge in [0.05, 0.1) is 32.9 Å². The van der Waals surface area contributed by atoms with Crippen molar-refractivity contribution in [2.24, 2.45) is 0 Å². The normalized spacial score (nSPS) is 11.1. The van der Waals surface area contributed by atoms with E-state index < -0.39 is 0 Å². The van der Waals surface area contributed by atoms with E-state index in [1.165, 1.54) is 11.3 Å². The number of aldehydes is 1. The maximum absolute atomic E-state index is 11.0. The van der Waals surface area contributed by atoms with Crippen molar-refractivity contribution in [1.82, 2.24) is 25.1 Å². The van der Waals surface area contributed by atoms with E-state index >= 15 is 0 Å². The number of rotatable bonds is 8. The Morgan fingerprint density at radius 3 is 2.79 bits per heavy atom. The summed E-state index contributed by atoms with van der Waals surface area (Å²) in [6, 6.07) is 13.3. The van der Waals surface area contributed by atoms with Crippen LogP contribution >= 0.6 is 22.9 Å². The monoisotopic (exact) mass is 475 g/mol. The van der Waals surface area contributed by atoms with Crippen LogP contribution in [0.15, 0.2) is 61.1 Å². The van der Waals surface area contributed by atoms with E-state index in [1.54, 1.807) is 24.7 Å². The quantitative estimate of drug-likeness (QED) is 0.312. The zero-order chi connectivity index (χ0) is 22.6. The summed E-state index contributed by atoms with van der Waals surface area (Å²) >= 11 is 7.79. The molecule has 1 N–H and O–H groups in total. The van der Waals surface area contributed by atoms with Gasteiger partial charge in [0.25, 0.3) is 0 Å². The number of aromatic nitrogens is 5. The zero-order valence-electron chi connectivity index (χ0n) is 17.4. The number of hydrogen-bond donors (Lipinski definition) is 1. The number of aromatic amines is 1. The lowest BCUT2D eigenvalue weighted by Gasteiger charge is -2.10. The standard InChI is InChI=1S/C24H18ClN5O2S/c25-19-5-3-8-27-23(19)15-10-18-20(12-22-28-13-17(14-31)33-22)29-30-24(18)21(11-15)32-9-6-16-4-1-2-7-26-16/h1-5,7-8,10-11,13-14H,6,9,12H2,(H,29,30). The predicted molar refractivity (Wildman–Crippen MR) is 128 cm³/mol. The van der Waals surface area contributed by atoms with Crippen LogP contribution in [0.4, 0.5) is 0 Å². The van der Waals surface area contributed by atoms with Crippen LogP contribution in [0.2, 0.25) is 5.02 Å². The third kappa shape index (κ3) is 4.62. The Labute approximate surface area is 198 Å². The van der Waals surface area contributed by atoms with Gasteiger partial charge < -0.3 is 4.74 Å². The largest absolute Gasteiger partial charge is 0.491 e. The van der Waals surface area contributed by atoms with E-state index in [9.17, 15) is 4.79 Å². The summed E-state index contributed by atoms with van der Waals surface area (Å²) in [5, 5.41) is 9.89. The number of nitrogens with zero attached hydrogens (tertiary/aromatic N) is 4. The van der Waals surface area contributed by atoms with Gasteiger partial charge in [0.1, 0.15) is 11.3 Å². The Kier molecular flexibility index (Phi) is 6.10. The summed E-state index contributed by atoms with van der Waals surface area (Å²) in [5.41, 5.74) is 4.04. The third-order valence-corrected chi connectivity index (χ3v) is 6.32. The fourth-order valence-corrected chi connectivity index (χ4v) is 4.52. The second-order valence-corrected chi connectivity index (χ2v) is 8.83. The minimum atomic E-state index is 0.447. The first-order chi connectivity index (χ1) is 16.2. The fraction of sp³-hybridized carbons (Fsp3) is 0.125. The van der Waals surface area contributed by atoms with Crippen LogP contribution in [-0.4, -0.2) is 38.0 Å². The molecule has 0 amide bonds. The molecule has 0 aliphatic carbocycles. The van der Waals surface area contributed by atoms with Crippen molar-refractivity contribution in [3.8, 4) is 17.0 Å². The molecule has 0 unspecified atom stereocenters. The van der Waals surface area contributed by atoms with Crippen molar-refractivity contribution in [3.05, 3.63) is 87.4 Å². The van der Waals surface area contributed by atoms with Gasteiger partial charge >= 0.3 is 0 Å². The molecule has 0 radical (unpaired) electrons. The third-order valence-electron chi connectivity index (χ3n) is 5.09. The number of carbonyl (C=O) groups excluding carboxylic acids is 1. The molecular weight excluding hydrogens is 458 g/mol. The SMILES string of the molecule is O=Cc1cnc(Cc2[nH]nc3c(OCCc4ccccn4)cc(-c4ncccc4Cl)cc23)s1. The molecule has 0 bridgehead atoms. The van der Waals surface area contributed by atoms with Gasteiger partial charge in [-0.1, -0.05) is 17.7 Å². The van der Waals surface area contributed by atoms with E-state index in [1.807, 2.05) is 36.4 Å². The summed E-state index contributed by atoms with van der Waals surface area (Å²) in [6.07, 6.45) is 7.05. The molecule has 0 aliphatic heterocycles. The molecule has 33 heavy (non-hydrogen) atoms. The first-order valence-electron chi connectivity index (χ1n) is 10.3. The highest BCUT2D eigenvalue weighted by atomic mass is 35.5. The van der Waals surface area contributed by atoms with Crippen LogP contribution in [0.3, 0.4) is 0 Å². The van der Waals surface area contributed by atoms with Crippen molar-refractivity contribution in [3.63, 3.8) is 0 Å². The van der Waals surface area contributed by atoms with Gasteiger partial charge in [0, 0.05) is 48.1 Å². The zero-order valence-corrected chi connectivity index (χ0v) is 18.9. The van der Waals surface area contributed by atoms with Gasteiger partial charge in [-0.2, -0.15) is 5.10 Å². The first-order valence-corrected chi connectivity index (χ1v) is 11.4. The van der Waals surface area contributed by atoms with Crippen molar-refractivity contribution in [2.75, 3.05) is 6.61 Å². The van der Waals surface area contributed by atoms with E-state index in [0.717, 1.165) is 33.6 Å². The molecule has 0 fully saturated rings. The summed E-state index contributed by atoms with van der Waals surface area (Å²) in [4.78, 5) is 24.8. The van der Waals surface area contributed by atoms with Crippen molar-refractivity contribution in [2.45, 2.75) is 12.8 Å². The number of carbonyl (C=O) groups is 1. The molecule has 0 spiro atoms. The van der Waals surface area contributed by atoms with Crippen molar-refractivity contribution in [1.29, 1.82) is 0 Å². The summed E-state index contributed by atoms with van der Waals surface area (Å²) in [6.45, 7) is 0.447. The summed E-state index contributed by atoms with van der Waals surface area (Å²) in [7, 11) is 0. The molecule has 164 valence electrons. The number of fused-ring (bicyclic) bond motifs is 1.